The molecule has 29 heavy (non-hydrogen) atoms. The molecule has 2 aromatic carbocycles. The van der Waals surface area contributed by atoms with Crippen LogP contribution in [-0.4, -0.2) is 43.2 Å². The molecule has 5 N–H and O–H groups in total. The van der Waals surface area contributed by atoms with E-state index < -0.39 is 23.5 Å². The summed E-state index contributed by atoms with van der Waals surface area (Å²) in [5, 5.41) is 33.4. The van der Waals surface area contributed by atoms with Gasteiger partial charge in [-0.1, -0.05) is 18.2 Å². The lowest BCUT2D eigenvalue weighted by Gasteiger charge is -2.12. The molecule has 10 nitrogen and oxygen atoms in total. The Bertz CT molecular complexity index is 1120. The summed E-state index contributed by atoms with van der Waals surface area (Å²) >= 11 is 0. The highest BCUT2D eigenvalue weighted by Gasteiger charge is 2.20. The molecule has 0 atom stereocenters. The van der Waals surface area contributed by atoms with Crippen LogP contribution in [0, 0.1) is 0 Å². The minimum atomic E-state index is -1.41. The van der Waals surface area contributed by atoms with E-state index in [1.807, 2.05) is 0 Å². The molecule has 1 aromatic heterocycles. The van der Waals surface area contributed by atoms with Gasteiger partial charge in [-0.05, 0) is 30.3 Å². The van der Waals surface area contributed by atoms with E-state index in [2.05, 4.69) is 20.6 Å². The second-order valence-electron chi connectivity index (χ2n) is 5.70. The normalized spacial score (nSPS) is 10.2. The van der Waals surface area contributed by atoms with Gasteiger partial charge in [-0.15, -0.1) is 0 Å². The summed E-state index contributed by atoms with van der Waals surface area (Å²) in [6, 6.07) is 11.6. The number of aromatic carboxylic acids is 3. The summed E-state index contributed by atoms with van der Waals surface area (Å²) in [5.74, 6) is -3.66. The molecule has 1 heterocycles. The average molecular weight is 394 g/mol. The van der Waals surface area contributed by atoms with E-state index in [1.165, 1.54) is 36.5 Å². The molecule has 0 amide bonds. The fraction of sp³-hybridized carbons (Fsp3) is 0. The summed E-state index contributed by atoms with van der Waals surface area (Å²) in [6.07, 6.45) is 1.38. The van der Waals surface area contributed by atoms with Crippen LogP contribution in [0.3, 0.4) is 0 Å². The summed E-state index contributed by atoms with van der Waals surface area (Å²) in [4.78, 5) is 42.3. The van der Waals surface area contributed by atoms with E-state index >= 15 is 0 Å². The number of para-hydroxylation sites is 1. The maximum atomic E-state index is 11.5. The maximum absolute atomic E-state index is 11.5. The van der Waals surface area contributed by atoms with Crippen LogP contribution >= 0.6 is 0 Å². The number of aromatic nitrogens is 2. The van der Waals surface area contributed by atoms with Crippen LogP contribution in [0.5, 0.6) is 0 Å². The van der Waals surface area contributed by atoms with Crippen LogP contribution in [0.25, 0.3) is 0 Å². The Morgan fingerprint density at radius 3 is 2.07 bits per heavy atom. The van der Waals surface area contributed by atoms with E-state index in [0.717, 1.165) is 0 Å². The molecule has 0 aliphatic rings. The Hall–Kier alpha value is -4.47. The van der Waals surface area contributed by atoms with Crippen molar-refractivity contribution in [2.45, 2.75) is 0 Å². The number of hydrogen-bond acceptors (Lipinski definition) is 7. The predicted octanol–water partition coefficient (Wildman–Crippen LogP) is 3.06. The molecule has 0 saturated carbocycles. The second kappa shape index (κ2) is 8.05. The minimum absolute atomic E-state index is 0.0248. The van der Waals surface area contributed by atoms with Crippen molar-refractivity contribution < 1.29 is 29.7 Å². The van der Waals surface area contributed by atoms with Gasteiger partial charge in [0, 0.05) is 6.20 Å². The largest absolute Gasteiger partial charge is 0.478 e. The molecule has 146 valence electrons. The van der Waals surface area contributed by atoms with Gasteiger partial charge in [0.2, 0.25) is 5.95 Å². The zero-order chi connectivity index (χ0) is 21.0. The van der Waals surface area contributed by atoms with E-state index in [-0.39, 0.29) is 34.3 Å². The molecular formula is C19H14N4O6. The SMILES string of the molecule is O=C(O)c1ccccc1Nc1nccc(Nc2cccc(C(=O)O)c2C(=O)O)n1. The van der Waals surface area contributed by atoms with E-state index in [9.17, 15) is 29.7 Å². The van der Waals surface area contributed by atoms with Crippen LogP contribution in [0.4, 0.5) is 23.1 Å². The van der Waals surface area contributed by atoms with Gasteiger partial charge < -0.3 is 26.0 Å². The molecule has 0 unspecified atom stereocenters. The van der Waals surface area contributed by atoms with Crippen molar-refractivity contribution in [3.8, 4) is 0 Å². The first kappa shape index (κ1) is 19.3. The van der Waals surface area contributed by atoms with Gasteiger partial charge in [0.25, 0.3) is 0 Å². The number of rotatable bonds is 7. The van der Waals surface area contributed by atoms with E-state index in [4.69, 9.17) is 0 Å². The van der Waals surface area contributed by atoms with Crippen LogP contribution in [-0.2, 0) is 0 Å². The number of carbonyl (C=O) groups is 3. The van der Waals surface area contributed by atoms with Gasteiger partial charge >= 0.3 is 17.9 Å². The van der Waals surface area contributed by atoms with Crippen molar-refractivity contribution in [2.24, 2.45) is 0 Å². The number of anilines is 4. The van der Waals surface area contributed by atoms with Crippen LogP contribution in [0.2, 0.25) is 0 Å². The standard InChI is InChI=1S/C19H14N4O6/c24-16(25)10-4-1-2-6-12(10)22-19-20-9-8-14(23-19)21-13-7-3-5-11(17(26)27)15(13)18(28)29/h1-9H,(H,24,25)(H,26,27)(H,28,29)(H2,20,21,22,23). The topological polar surface area (TPSA) is 162 Å². The van der Waals surface area contributed by atoms with Crippen molar-refractivity contribution >= 4 is 41.0 Å². The van der Waals surface area contributed by atoms with Crippen molar-refractivity contribution in [2.75, 3.05) is 10.6 Å². The lowest BCUT2D eigenvalue weighted by molar-refractivity contribution is 0.0652. The summed E-state index contributed by atoms with van der Waals surface area (Å²) in [7, 11) is 0. The van der Waals surface area contributed by atoms with Crippen molar-refractivity contribution in [3.63, 3.8) is 0 Å². The van der Waals surface area contributed by atoms with Crippen LogP contribution in [0.1, 0.15) is 31.1 Å². The Kier molecular flexibility index (Phi) is 5.35. The van der Waals surface area contributed by atoms with Crippen molar-refractivity contribution in [1.82, 2.24) is 9.97 Å². The maximum Gasteiger partial charge on any atom is 0.338 e. The lowest BCUT2D eigenvalue weighted by atomic mass is 10.1. The Morgan fingerprint density at radius 1 is 0.724 bits per heavy atom. The number of carboxylic acid groups (broad SMARTS) is 3. The van der Waals surface area contributed by atoms with Gasteiger partial charge in [-0.3, -0.25) is 0 Å². The zero-order valence-electron chi connectivity index (χ0n) is 14.7. The Morgan fingerprint density at radius 2 is 1.38 bits per heavy atom. The van der Waals surface area contributed by atoms with Gasteiger partial charge in [0.05, 0.1) is 28.1 Å². The molecule has 0 spiro atoms. The van der Waals surface area contributed by atoms with Gasteiger partial charge in [0.1, 0.15) is 5.82 Å². The number of nitrogens with one attached hydrogen (secondary N) is 2. The third-order valence-corrected chi connectivity index (χ3v) is 3.83. The third kappa shape index (κ3) is 4.27. The number of benzene rings is 2. The first-order valence-corrected chi connectivity index (χ1v) is 8.16. The fourth-order valence-electron chi connectivity index (χ4n) is 2.59. The molecular weight excluding hydrogens is 380 g/mol. The van der Waals surface area contributed by atoms with E-state index in [1.54, 1.807) is 18.2 Å². The highest BCUT2D eigenvalue weighted by Crippen LogP contribution is 2.25. The molecule has 0 radical (unpaired) electrons. The highest BCUT2D eigenvalue weighted by molar-refractivity contribution is 6.06. The predicted molar refractivity (Wildman–Crippen MR) is 102 cm³/mol. The molecule has 3 rings (SSSR count). The smallest absolute Gasteiger partial charge is 0.338 e. The molecule has 0 aliphatic carbocycles. The first-order valence-electron chi connectivity index (χ1n) is 8.16. The summed E-state index contributed by atoms with van der Waals surface area (Å²) in [5.41, 5.74) is -0.448. The van der Waals surface area contributed by atoms with E-state index in [0.29, 0.717) is 0 Å². The van der Waals surface area contributed by atoms with Gasteiger partial charge in [-0.25, -0.2) is 19.4 Å². The van der Waals surface area contributed by atoms with Gasteiger partial charge in [0.15, 0.2) is 0 Å². The minimum Gasteiger partial charge on any atom is -0.478 e. The second-order valence-corrected chi connectivity index (χ2v) is 5.70. The Labute approximate surface area is 163 Å². The zero-order valence-corrected chi connectivity index (χ0v) is 14.7. The number of carboxylic acids is 3. The summed E-state index contributed by atoms with van der Waals surface area (Å²) < 4.78 is 0. The summed E-state index contributed by atoms with van der Waals surface area (Å²) in [6.45, 7) is 0. The molecule has 0 bridgehead atoms. The number of nitrogens with zero attached hydrogens (tertiary/aromatic N) is 2. The fourth-order valence-corrected chi connectivity index (χ4v) is 2.59. The molecule has 10 heteroatoms. The first-order chi connectivity index (χ1) is 13.9. The quantitative estimate of drug-likeness (QED) is 0.402. The molecule has 0 aliphatic heterocycles. The average Bonchev–Trinajstić information content (AvgIpc) is 2.68. The number of hydrogen-bond donors (Lipinski definition) is 5. The molecule has 3 aromatic rings. The molecule has 0 saturated heterocycles. The monoisotopic (exact) mass is 394 g/mol. The van der Waals surface area contributed by atoms with Crippen molar-refractivity contribution in [1.29, 1.82) is 0 Å². The lowest BCUT2D eigenvalue weighted by Crippen LogP contribution is -2.11. The molecule has 0 fully saturated rings. The van der Waals surface area contributed by atoms with Crippen LogP contribution in [0.15, 0.2) is 54.7 Å². The highest BCUT2D eigenvalue weighted by atomic mass is 16.4. The third-order valence-electron chi connectivity index (χ3n) is 3.83. The van der Waals surface area contributed by atoms with Crippen molar-refractivity contribution in [3.05, 3.63) is 71.4 Å². The Balaban J connectivity index is 1.92. The van der Waals surface area contributed by atoms with Gasteiger partial charge in [-0.2, -0.15) is 4.98 Å². The van der Waals surface area contributed by atoms with Crippen LogP contribution < -0.4 is 10.6 Å².